The van der Waals surface area contributed by atoms with Crippen LogP contribution in [0.2, 0.25) is 0 Å². The van der Waals surface area contributed by atoms with Gasteiger partial charge in [-0.15, -0.1) is 0 Å². The molecule has 21 heteroatoms. The minimum atomic E-state index is -2.93. The van der Waals surface area contributed by atoms with Gasteiger partial charge >= 0.3 is 5.69 Å². The first kappa shape index (κ1) is 43.2. The number of para-hydroxylation sites is 1. The normalized spacial score (nSPS) is 22.6. The number of imide groups is 1. The number of aryl methyl sites for hydroxylation is 1. The number of hydrogen-bond acceptors (Lipinski definition) is 11. The molecule has 4 aromatic heterocycles. The Balaban J connectivity index is 0.769. The van der Waals surface area contributed by atoms with Gasteiger partial charge in [0.25, 0.3) is 18.8 Å². The lowest BCUT2D eigenvalue weighted by molar-refractivity contribution is -0.135. The van der Waals surface area contributed by atoms with Crippen LogP contribution in [0.3, 0.4) is 0 Å². The first-order valence-corrected chi connectivity index (χ1v) is 21.6. The van der Waals surface area contributed by atoms with Crippen molar-refractivity contribution in [1.82, 2.24) is 48.6 Å². The van der Waals surface area contributed by atoms with Crippen LogP contribution in [-0.4, -0.2) is 133 Å². The number of halogens is 4. The van der Waals surface area contributed by atoms with Crippen molar-refractivity contribution in [3.63, 3.8) is 0 Å². The highest BCUT2D eigenvalue weighted by Crippen LogP contribution is 2.36. The smallest absolute Gasteiger partial charge is 0.329 e. The van der Waals surface area contributed by atoms with Crippen molar-refractivity contribution in [2.75, 3.05) is 69.2 Å². The van der Waals surface area contributed by atoms with Gasteiger partial charge < -0.3 is 19.9 Å². The number of nitrogens with zero attached hydrogens (tertiary/aromatic N) is 10. The van der Waals surface area contributed by atoms with Gasteiger partial charge in [-0.05, 0) is 56.2 Å². The Kier molecular flexibility index (Phi) is 12.3. The summed E-state index contributed by atoms with van der Waals surface area (Å²) in [5, 5.41) is 13.3. The van der Waals surface area contributed by atoms with E-state index in [-0.39, 0.29) is 60.5 Å². The summed E-state index contributed by atoms with van der Waals surface area (Å²) in [6.07, 6.45) is 1.18. The maximum Gasteiger partial charge on any atom is 0.329 e. The van der Waals surface area contributed by atoms with Gasteiger partial charge in [0.2, 0.25) is 11.8 Å². The SMILES string of the molecule is Cn1c(=O)n(C2CCC(=O)NC2=O)c2cccc(C#CCN3CCN(CC4CCC(n5cc(NC(=O)c6cnn7ccc(N8CCOC(C(F)F)C8)nc67)c(C(F)F)n5)CC4)CC3)c21. The van der Waals surface area contributed by atoms with Gasteiger partial charge in [0.05, 0.1) is 54.2 Å². The van der Waals surface area contributed by atoms with Gasteiger partial charge in [0, 0.05) is 65.1 Å². The van der Waals surface area contributed by atoms with Crippen molar-refractivity contribution in [3.05, 3.63) is 70.2 Å². The number of anilines is 2. The lowest BCUT2D eigenvalue weighted by atomic mass is 9.85. The largest absolute Gasteiger partial charge is 0.369 e. The third-order valence-corrected chi connectivity index (χ3v) is 12.8. The molecule has 3 saturated heterocycles. The molecule has 1 aliphatic carbocycles. The Morgan fingerprint density at radius 2 is 1.78 bits per heavy atom. The Morgan fingerprint density at radius 1 is 1.00 bits per heavy atom. The topological polar surface area (TPSA) is 169 Å². The molecule has 338 valence electrons. The molecule has 1 aromatic carbocycles. The summed E-state index contributed by atoms with van der Waals surface area (Å²) in [4.78, 5) is 62.0. The summed E-state index contributed by atoms with van der Waals surface area (Å²) in [6, 6.07) is 6.21. The Hall–Kier alpha value is -6.11. The lowest BCUT2D eigenvalue weighted by Gasteiger charge is -2.37. The zero-order chi connectivity index (χ0) is 44.6. The fourth-order valence-corrected chi connectivity index (χ4v) is 9.37. The van der Waals surface area contributed by atoms with Gasteiger partial charge in [0.15, 0.2) is 11.3 Å². The number of fused-ring (bicyclic) bond motifs is 2. The molecule has 4 aliphatic rings. The Labute approximate surface area is 364 Å². The third-order valence-electron chi connectivity index (χ3n) is 12.8. The summed E-state index contributed by atoms with van der Waals surface area (Å²) in [7, 11) is 1.66. The number of rotatable bonds is 10. The number of piperazine rings is 1. The fourth-order valence-electron chi connectivity index (χ4n) is 9.37. The highest BCUT2D eigenvalue weighted by Gasteiger charge is 2.33. The van der Waals surface area contributed by atoms with Crippen LogP contribution in [0.15, 0.2) is 47.7 Å². The van der Waals surface area contributed by atoms with Gasteiger partial charge in [-0.1, -0.05) is 17.9 Å². The molecule has 0 radical (unpaired) electrons. The molecule has 5 aromatic rings. The molecule has 7 heterocycles. The number of piperidine rings is 1. The number of carbonyl (C=O) groups is 3. The molecule has 1 saturated carbocycles. The summed E-state index contributed by atoms with van der Waals surface area (Å²) in [5.41, 5.74) is 1.16. The van der Waals surface area contributed by atoms with E-state index in [9.17, 15) is 36.7 Å². The minimum Gasteiger partial charge on any atom is -0.369 e. The van der Waals surface area contributed by atoms with E-state index in [2.05, 4.69) is 47.5 Å². The van der Waals surface area contributed by atoms with Crippen molar-refractivity contribution in [2.45, 2.75) is 69.6 Å². The van der Waals surface area contributed by atoms with Crippen LogP contribution < -0.4 is 21.2 Å². The van der Waals surface area contributed by atoms with Gasteiger partial charge in [-0.25, -0.2) is 31.9 Å². The van der Waals surface area contributed by atoms with E-state index in [1.807, 2.05) is 12.1 Å². The molecular formula is C43H48F4N12O5. The molecule has 17 nitrogen and oxygen atoms in total. The predicted molar refractivity (Wildman–Crippen MR) is 225 cm³/mol. The van der Waals surface area contributed by atoms with E-state index in [0.29, 0.717) is 41.4 Å². The van der Waals surface area contributed by atoms with Crippen molar-refractivity contribution in [1.29, 1.82) is 0 Å². The second kappa shape index (κ2) is 18.2. The van der Waals surface area contributed by atoms with Crippen LogP contribution in [0.1, 0.15) is 78.6 Å². The average molecular weight is 889 g/mol. The van der Waals surface area contributed by atoms with Gasteiger partial charge in [-0.2, -0.15) is 10.2 Å². The summed E-state index contributed by atoms with van der Waals surface area (Å²) < 4.78 is 66.3. The minimum absolute atomic E-state index is 0.0335. The monoisotopic (exact) mass is 888 g/mol. The van der Waals surface area contributed by atoms with E-state index in [1.54, 1.807) is 35.0 Å². The number of amides is 3. The van der Waals surface area contributed by atoms with Crippen LogP contribution in [0.4, 0.5) is 29.1 Å². The third kappa shape index (κ3) is 8.73. The first-order valence-electron chi connectivity index (χ1n) is 21.6. The summed E-state index contributed by atoms with van der Waals surface area (Å²) in [5.74, 6) is 5.82. The highest BCUT2D eigenvalue weighted by molar-refractivity contribution is 6.08. The molecule has 0 spiro atoms. The Morgan fingerprint density at radius 3 is 2.53 bits per heavy atom. The molecule has 3 amide bonds. The lowest BCUT2D eigenvalue weighted by Crippen LogP contribution is -2.48. The van der Waals surface area contributed by atoms with Crippen molar-refractivity contribution < 1.29 is 36.7 Å². The van der Waals surface area contributed by atoms with Crippen molar-refractivity contribution >= 4 is 45.9 Å². The second-order valence-corrected chi connectivity index (χ2v) is 16.9. The maximum atomic E-state index is 14.3. The Bertz CT molecular complexity index is 2680. The molecule has 2 N–H and O–H groups in total. The summed E-state index contributed by atoms with van der Waals surface area (Å²) in [6.45, 7) is 5.30. The zero-order valence-electron chi connectivity index (χ0n) is 35.1. The number of benzene rings is 1. The molecule has 0 bridgehead atoms. The number of hydrogen-bond donors (Lipinski definition) is 2. The van der Waals surface area contributed by atoms with Crippen LogP contribution >= 0.6 is 0 Å². The van der Waals surface area contributed by atoms with Crippen LogP contribution in [0.25, 0.3) is 16.7 Å². The van der Waals surface area contributed by atoms with E-state index < -0.39 is 42.5 Å². The standard InChI is InChI=1S/C43H48F4N12O5/c1-53-37-27(4-2-6-31(37)59(43(53)63)32-11-12-35(60)51-42(32)62)5-3-14-54-16-18-55(19-17-54)23-26-7-9-28(10-8-26)58-24-30(36(52-58)39(46)47)49-41(61)29-22-48-57-15-13-34(50-40(29)57)56-20-21-64-33(25-56)38(44)45/h2,4,6,13,15,22,24,26,28,32-33,38-39H,7-12,14,16-21,23,25H2,1H3,(H,49,61)(H,51,60,62). The average Bonchev–Trinajstić information content (AvgIpc) is 3.99. The number of aromatic nitrogens is 7. The number of alkyl halides is 4. The van der Waals surface area contributed by atoms with Crippen LogP contribution in [0, 0.1) is 17.8 Å². The van der Waals surface area contributed by atoms with Crippen molar-refractivity contribution in [2.24, 2.45) is 13.0 Å². The number of morpholine rings is 1. The van der Waals surface area contributed by atoms with Crippen LogP contribution in [0.5, 0.6) is 0 Å². The quantitative estimate of drug-likeness (QED) is 0.119. The predicted octanol–water partition coefficient (Wildman–Crippen LogP) is 3.62. The molecule has 9 rings (SSSR count). The van der Waals surface area contributed by atoms with Crippen molar-refractivity contribution in [3.8, 4) is 11.8 Å². The zero-order valence-corrected chi connectivity index (χ0v) is 35.1. The molecule has 64 heavy (non-hydrogen) atoms. The highest BCUT2D eigenvalue weighted by atomic mass is 19.3. The maximum absolute atomic E-state index is 14.3. The van der Waals surface area contributed by atoms with Crippen LogP contribution in [-0.2, 0) is 21.4 Å². The molecule has 3 aliphatic heterocycles. The number of carbonyl (C=O) groups excluding carboxylic acids is 3. The van der Waals surface area contributed by atoms with Gasteiger partial charge in [0.1, 0.15) is 23.5 Å². The summed E-state index contributed by atoms with van der Waals surface area (Å²) >= 11 is 0. The first-order chi connectivity index (χ1) is 30.9. The number of ether oxygens (including phenoxy) is 1. The van der Waals surface area contributed by atoms with E-state index in [1.165, 1.54) is 26.0 Å². The van der Waals surface area contributed by atoms with E-state index >= 15 is 0 Å². The number of imidazole rings is 1. The second-order valence-electron chi connectivity index (χ2n) is 16.9. The van der Waals surface area contributed by atoms with Gasteiger partial charge in [-0.3, -0.25) is 38.4 Å². The molecule has 4 fully saturated rings. The molecule has 2 atom stereocenters. The fraction of sp³-hybridized carbons (Fsp3) is 0.512. The molecule has 2 unspecified atom stereocenters. The number of nitrogens with one attached hydrogen (secondary N) is 2. The van der Waals surface area contributed by atoms with E-state index in [0.717, 1.165) is 58.4 Å². The van der Waals surface area contributed by atoms with E-state index in [4.69, 9.17) is 4.74 Å². The molecular weight excluding hydrogens is 841 g/mol.